The van der Waals surface area contributed by atoms with E-state index in [2.05, 4.69) is 16.2 Å². The molecule has 1 aliphatic rings. The van der Waals surface area contributed by atoms with Gasteiger partial charge in [-0.15, -0.1) is 5.10 Å². The molecule has 0 radical (unpaired) electrons. The number of carboxylic acid groups (broad SMARTS) is 1. The summed E-state index contributed by atoms with van der Waals surface area (Å²) in [6, 6.07) is 6.83. The van der Waals surface area contributed by atoms with E-state index >= 15 is 0 Å². The Bertz CT molecular complexity index is 743. The van der Waals surface area contributed by atoms with Gasteiger partial charge in [-0.3, -0.25) is 0 Å². The first-order valence-corrected chi connectivity index (χ1v) is 6.38. The minimum atomic E-state index is -1.19. The molecule has 7 heteroatoms. The summed E-state index contributed by atoms with van der Waals surface area (Å²) in [4.78, 5) is 15.1. The normalized spacial score (nSPS) is 14.0. The molecule has 0 atom stereocenters. The van der Waals surface area contributed by atoms with Gasteiger partial charge < -0.3 is 5.11 Å². The third-order valence-electron chi connectivity index (χ3n) is 3.07. The van der Waals surface area contributed by atoms with Gasteiger partial charge in [0, 0.05) is 10.9 Å². The molecular formula is C13H9ClN4O2. The number of halogens is 1. The summed E-state index contributed by atoms with van der Waals surface area (Å²) in [5, 5.41) is 22.6. The van der Waals surface area contributed by atoms with E-state index in [-0.39, 0.29) is 11.7 Å². The van der Waals surface area contributed by atoms with E-state index < -0.39 is 5.97 Å². The van der Waals surface area contributed by atoms with Crippen molar-refractivity contribution < 1.29 is 9.90 Å². The highest BCUT2D eigenvalue weighted by atomic mass is 35.5. The van der Waals surface area contributed by atoms with Crippen molar-refractivity contribution in [2.24, 2.45) is 0 Å². The first kappa shape index (κ1) is 12.6. The molecular weight excluding hydrogens is 280 g/mol. The molecule has 0 aliphatic heterocycles. The van der Waals surface area contributed by atoms with Crippen LogP contribution in [0.25, 0.3) is 5.69 Å². The van der Waals surface area contributed by atoms with Crippen molar-refractivity contribution >= 4 is 17.6 Å². The average Bonchev–Trinajstić information content (AvgIpc) is 3.17. The summed E-state index contributed by atoms with van der Waals surface area (Å²) >= 11 is 5.95. The number of nitrogens with zero attached hydrogens (tertiary/aromatic N) is 4. The van der Waals surface area contributed by atoms with Crippen LogP contribution in [0.3, 0.4) is 0 Å². The molecule has 1 aromatic heterocycles. The number of nitriles is 1. The Labute approximate surface area is 119 Å². The monoisotopic (exact) mass is 288 g/mol. The number of hydrogen-bond donors (Lipinski definition) is 1. The maximum Gasteiger partial charge on any atom is 0.375 e. The molecule has 0 bridgehead atoms. The summed E-state index contributed by atoms with van der Waals surface area (Å²) in [6.07, 6.45) is 1.89. The SMILES string of the molecule is N#Cc1ccc(Cl)cc1-n1nc(C(=O)O)nc1C1CC1. The van der Waals surface area contributed by atoms with Crippen molar-refractivity contribution in [3.05, 3.63) is 40.4 Å². The summed E-state index contributed by atoms with van der Waals surface area (Å²) in [6.45, 7) is 0. The molecule has 0 spiro atoms. The lowest BCUT2D eigenvalue weighted by atomic mass is 10.2. The topological polar surface area (TPSA) is 91.8 Å². The van der Waals surface area contributed by atoms with Gasteiger partial charge in [-0.2, -0.15) is 5.26 Å². The Morgan fingerprint density at radius 2 is 2.25 bits per heavy atom. The van der Waals surface area contributed by atoms with Crippen molar-refractivity contribution in [2.45, 2.75) is 18.8 Å². The fourth-order valence-corrected chi connectivity index (χ4v) is 2.14. The number of carbonyl (C=O) groups is 1. The number of carboxylic acids is 1. The average molecular weight is 289 g/mol. The van der Waals surface area contributed by atoms with Gasteiger partial charge >= 0.3 is 5.97 Å². The number of hydrogen-bond acceptors (Lipinski definition) is 4. The van der Waals surface area contributed by atoms with Crippen LogP contribution in [-0.2, 0) is 0 Å². The molecule has 2 aromatic rings. The maximum atomic E-state index is 11.0. The van der Waals surface area contributed by atoms with Gasteiger partial charge in [0.15, 0.2) is 0 Å². The molecule has 3 rings (SSSR count). The largest absolute Gasteiger partial charge is 0.475 e. The van der Waals surface area contributed by atoms with Crippen LogP contribution in [0.2, 0.25) is 5.02 Å². The zero-order chi connectivity index (χ0) is 14.3. The summed E-state index contributed by atoms with van der Waals surface area (Å²) in [5.74, 6) is -0.691. The second-order valence-electron chi connectivity index (χ2n) is 4.56. The molecule has 1 saturated carbocycles. The van der Waals surface area contributed by atoms with E-state index in [9.17, 15) is 4.79 Å². The van der Waals surface area contributed by atoms with Crippen molar-refractivity contribution in [1.82, 2.24) is 14.8 Å². The summed E-state index contributed by atoms with van der Waals surface area (Å²) in [7, 11) is 0. The van der Waals surface area contributed by atoms with E-state index in [1.54, 1.807) is 18.2 Å². The van der Waals surface area contributed by atoms with Gasteiger partial charge in [0.2, 0.25) is 0 Å². The number of benzene rings is 1. The van der Waals surface area contributed by atoms with E-state index in [0.717, 1.165) is 12.8 Å². The van der Waals surface area contributed by atoms with Gasteiger partial charge in [-0.25, -0.2) is 14.5 Å². The Kier molecular flexibility index (Phi) is 2.92. The summed E-state index contributed by atoms with van der Waals surface area (Å²) < 4.78 is 1.42. The first-order chi connectivity index (χ1) is 9.60. The molecule has 6 nitrogen and oxygen atoms in total. The van der Waals surface area contributed by atoms with E-state index in [1.807, 2.05) is 0 Å². The van der Waals surface area contributed by atoms with Crippen LogP contribution in [0.5, 0.6) is 0 Å². The predicted molar refractivity (Wildman–Crippen MR) is 70.0 cm³/mol. The molecule has 0 unspecified atom stereocenters. The molecule has 1 N–H and O–H groups in total. The first-order valence-electron chi connectivity index (χ1n) is 6.00. The lowest BCUT2D eigenvalue weighted by Gasteiger charge is -2.07. The Morgan fingerprint density at radius 3 is 2.85 bits per heavy atom. The third-order valence-corrected chi connectivity index (χ3v) is 3.31. The third kappa shape index (κ3) is 2.12. The molecule has 0 amide bonds. The lowest BCUT2D eigenvalue weighted by Crippen LogP contribution is -2.05. The molecule has 1 heterocycles. The minimum Gasteiger partial charge on any atom is -0.475 e. The molecule has 20 heavy (non-hydrogen) atoms. The maximum absolute atomic E-state index is 11.0. The van der Waals surface area contributed by atoms with Crippen LogP contribution in [0.15, 0.2) is 18.2 Å². The fraction of sp³-hybridized carbons (Fsp3) is 0.231. The molecule has 1 aromatic carbocycles. The molecule has 100 valence electrons. The number of aromatic carboxylic acids is 1. The number of rotatable bonds is 3. The molecule has 0 saturated heterocycles. The van der Waals surface area contributed by atoms with E-state index in [1.165, 1.54) is 4.68 Å². The highest BCUT2D eigenvalue weighted by Crippen LogP contribution is 2.40. The minimum absolute atomic E-state index is 0.195. The zero-order valence-electron chi connectivity index (χ0n) is 10.2. The summed E-state index contributed by atoms with van der Waals surface area (Å²) in [5.41, 5.74) is 0.833. The second kappa shape index (κ2) is 4.62. The molecule has 1 fully saturated rings. The van der Waals surface area contributed by atoms with Gasteiger partial charge in [-0.1, -0.05) is 11.6 Å². The van der Waals surface area contributed by atoms with E-state index in [4.69, 9.17) is 22.0 Å². The van der Waals surface area contributed by atoms with Crippen LogP contribution >= 0.6 is 11.6 Å². The van der Waals surface area contributed by atoms with Gasteiger partial charge in [0.05, 0.1) is 11.3 Å². The fourth-order valence-electron chi connectivity index (χ4n) is 1.97. The van der Waals surface area contributed by atoms with Gasteiger partial charge in [-0.05, 0) is 31.0 Å². The van der Waals surface area contributed by atoms with Gasteiger partial charge in [0.25, 0.3) is 5.82 Å². The van der Waals surface area contributed by atoms with Crippen LogP contribution in [-0.4, -0.2) is 25.8 Å². The van der Waals surface area contributed by atoms with Crippen molar-refractivity contribution in [3.63, 3.8) is 0 Å². The predicted octanol–water partition coefficient (Wildman–Crippen LogP) is 2.37. The van der Waals surface area contributed by atoms with Gasteiger partial charge in [0.1, 0.15) is 11.9 Å². The second-order valence-corrected chi connectivity index (χ2v) is 4.99. The standard InChI is InChI=1S/C13H9ClN4O2/c14-9-4-3-8(6-15)10(5-9)18-12(7-1-2-7)16-11(17-18)13(19)20/h3-5,7H,1-2H2,(H,19,20). The highest BCUT2D eigenvalue weighted by molar-refractivity contribution is 6.30. The number of aromatic nitrogens is 3. The molecule has 1 aliphatic carbocycles. The van der Waals surface area contributed by atoms with Crippen molar-refractivity contribution in [1.29, 1.82) is 5.26 Å². The lowest BCUT2D eigenvalue weighted by molar-refractivity contribution is 0.0683. The Balaban J connectivity index is 2.21. The zero-order valence-corrected chi connectivity index (χ0v) is 11.0. The highest BCUT2D eigenvalue weighted by Gasteiger charge is 2.32. The quantitative estimate of drug-likeness (QED) is 0.936. The van der Waals surface area contributed by atoms with Crippen molar-refractivity contribution in [2.75, 3.05) is 0 Å². The Hall–Kier alpha value is -2.39. The smallest absolute Gasteiger partial charge is 0.375 e. The van der Waals surface area contributed by atoms with Crippen LogP contribution in [0, 0.1) is 11.3 Å². The van der Waals surface area contributed by atoms with Crippen LogP contribution in [0.4, 0.5) is 0 Å². The van der Waals surface area contributed by atoms with Crippen LogP contribution < -0.4 is 0 Å². The van der Waals surface area contributed by atoms with Crippen LogP contribution in [0.1, 0.15) is 40.8 Å². The van der Waals surface area contributed by atoms with Crippen molar-refractivity contribution in [3.8, 4) is 11.8 Å². The Morgan fingerprint density at radius 1 is 1.50 bits per heavy atom. The van der Waals surface area contributed by atoms with E-state index in [0.29, 0.717) is 22.1 Å².